The first-order valence-corrected chi connectivity index (χ1v) is 9.68. The number of aliphatic hydroxyl groups is 2. The van der Waals surface area contributed by atoms with Crippen molar-refractivity contribution in [3.05, 3.63) is 0 Å². The number of carboxylic acid groups (broad SMARTS) is 1. The minimum atomic E-state index is -1.17. The van der Waals surface area contributed by atoms with Crippen molar-refractivity contribution in [2.75, 3.05) is 32.0 Å². The zero-order valence-corrected chi connectivity index (χ0v) is 16.7. The highest BCUT2D eigenvalue weighted by atomic mass is 32.2. The number of aliphatic carboxylic acids is 1. The Bertz CT molecular complexity index is 468. The predicted octanol–water partition coefficient (Wildman–Crippen LogP) is 0.367. The Kier molecular flexibility index (Phi) is 11.9. The van der Waals surface area contributed by atoms with E-state index < -0.39 is 17.1 Å². The highest BCUT2D eigenvalue weighted by molar-refractivity contribution is 8.13. The molecule has 0 bridgehead atoms. The molecule has 0 aliphatic carbocycles. The van der Waals surface area contributed by atoms with Crippen LogP contribution in [0.5, 0.6) is 0 Å². The zero-order chi connectivity index (χ0) is 20.2. The summed E-state index contributed by atoms with van der Waals surface area (Å²) in [6.07, 6.45) is 0.194. The van der Waals surface area contributed by atoms with Gasteiger partial charge in [-0.25, -0.2) is 0 Å². The van der Waals surface area contributed by atoms with Crippen LogP contribution < -0.4 is 10.6 Å². The molecule has 0 saturated heterocycles. The molecule has 8 nitrogen and oxygen atoms in total. The number of aliphatic hydroxyl groups excluding tert-OH is 1. The average Bonchev–Trinajstić information content (AvgIpc) is 2.55. The van der Waals surface area contributed by atoms with Gasteiger partial charge in [0.05, 0.1) is 19.4 Å². The molecule has 0 aliphatic rings. The SMILES string of the molecule is CC(C)(CO)C(C)(O)NCCCNCCSC(=O)CC(=O)CCC(=O)O. The Morgan fingerprint density at radius 3 is 2.27 bits per heavy atom. The van der Waals surface area contributed by atoms with Gasteiger partial charge in [0, 0.05) is 24.1 Å². The quantitative estimate of drug-likeness (QED) is 0.152. The van der Waals surface area contributed by atoms with Gasteiger partial charge < -0.3 is 20.6 Å². The van der Waals surface area contributed by atoms with E-state index in [1.165, 1.54) is 0 Å². The monoisotopic (exact) mass is 392 g/mol. The summed E-state index contributed by atoms with van der Waals surface area (Å²) in [6, 6.07) is 0. The van der Waals surface area contributed by atoms with Gasteiger partial charge in [0.2, 0.25) is 0 Å². The fourth-order valence-electron chi connectivity index (χ4n) is 1.85. The number of hydrogen-bond donors (Lipinski definition) is 5. The second-order valence-electron chi connectivity index (χ2n) is 6.97. The summed E-state index contributed by atoms with van der Waals surface area (Å²) in [5.74, 6) is -0.853. The molecule has 1 unspecified atom stereocenters. The van der Waals surface area contributed by atoms with Crippen molar-refractivity contribution < 1.29 is 29.7 Å². The maximum atomic E-state index is 11.6. The Hall–Kier alpha value is -1.00. The van der Waals surface area contributed by atoms with E-state index in [1.807, 2.05) is 0 Å². The van der Waals surface area contributed by atoms with E-state index in [0.717, 1.165) is 18.2 Å². The molecule has 1 atom stereocenters. The Morgan fingerprint density at radius 1 is 1.04 bits per heavy atom. The molecule has 5 N–H and O–H groups in total. The molecule has 9 heteroatoms. The van der Waals surface area contributed by atoms with E-state index in [2.05, 4.69) is 10.6 Å². The molecular weight excluding hydrogens is 360 g/mol. The van der Waals surface area contributed by atoms with Crippen LogP contribution in [-0.4, -0.2) is 69.9 Å². The highest BCUT2D eigenvalue weighted by Gasteiger charge is 2.38. The fourth-order valence-corrected chi connectivity index (χ4v) is 2.58. The number of rotatable bonds is 15. The molecule has 0 spiro atoms. The molecule has 0 aromatic heterocycles. The van der Waals surface area contributed by atoms with Gasteiger partial charge in [-0.3, -0.25) is 19.7 Å². The third-order valence-corrected chi connectivity index (χ3v) is 5.09. The predicted molar refractivity (Wildman–Crippen MR) is 101 cm³/mol. The van der Waals surface area contributed by atoms with Crippen LogP contribution in [-0.2, 0) is 14.4 Å². The van der Waals surface area contributed by atoms with Crippen LogP contribution in [0.3, 0.4) is 0 Å². The molecule has 0 fully saturated rings. The lowest BCUT2D eigenvalue weighted by molar-refractivity contribution is -0.139. The molecular formula is C17H32N2O6S. The lowest BCUT2D eigenvalue weighted by atomic mass is 9.83. The number of Topliss-reactive ketones (excluding diaryl/α,β-unsaturated/α-hetero) is 1. The van der Waals surface area contributed by atoms with Crippen LogP contribution in [0.15, 0.2) is 0 Å². The zero-order valence-electron chi connectivity index (χ0n) is 15.8. The summed E-state index contributed by atoms with van der Waals surface area (Å²) in [7, 11) is 0. The summed E-state index contributed by atoms with van der Waals surface area (Å²) in [5.41, 5.74) is -1.82. The molecule has 0 radical (unpaired) electrons. The van der Waals surface area contributed by atoms with Gasteiger partial charge >= 0.3 is 5.97 Å². The van der Waals surface area contributed by atoms with Crippen molar-refractivity contribution in [3.63, 3.8) is 0 Å². The molecule has 0 amide bonds. The van der Waals surface area contributed by atoms with Gasteiger partial charge in [0.1, 0.15) is 11.5 Å². The average molecular weight is 393 g/mol. The van der Waals surface area contributed by atoms with Crippen molar-refractivity contribution in [2.24, 2.45) is 5.41 Å². The summed E-state index contributed by atoms with van der Waals surface area (Å²) in [5, 5.41) is 34.0. The third kappa shape index (κ3) is 10.9. The first kappa shape index (κ1) is 25.0. The first-order valence-electron chi connectivity index (χ1n) is 8.70. The van der Waals surface area contributed by atoms with Gasteiger partial charge in [-0.1, -0.05) is 25.6 Å². The summed E-state index contributed by atoms with van der Waals surface area (Å²) < 4.78 is 0. The molecule has 0 rings (SSSR count). The number of hydrogen-bond acceptors (Lipinski definition) is 8. The number of nitrogens with one attached hydrogen (secondary N) is 2. The number of thioether (sulfide) groups is 1. The van der Waals surface area contributed by atoms with Crippen LogP contribution in [0.4, 0.5) is 0 Å². The largest absolute Gasteiger partial charge is 0.481 e. The number of carboxylic acids is 1. The third-order valence-electron chi connectivity index (χ3n) is 4.21. The summed E-state index contributed by atoms with van der Waals surface area (Å²) >= 11 is 1.06. The standard InChI is InChI=1S/C17H32N2O6S/c1-16(2,12-20)17(3,25)19-8-4-7-18-9-10-26-15(24)11-13(21)5-6-14(22)23/h18-20,25H,4-12H2,1-3H3,(H,22,23). The van der Waals surface area contributed by atoms with Crippen molar-refractivity contribution >= 4 is 28.6 Å². The maximum absolute atomic E-state index is 11.6. The van der Waals surface area contributed by atoms with E-state index in [-0.39, 0.29) is 36.8 Å². The second kappa shape index (κ2) is 12.4. The van der Waals surface area contributed by atoms with Crippen molar-refractivity contribution in [1.82, 2.24) is 10.6 Å². The number of carbonyl (C=O) groups is 3. The van der Waals surface area contributed by atoms with Crippen LogP contribution in [0.1, 0.15) is 46.5 Å². The van der Waals surface area contributed by atoms with E-state index in [9.17, 15) is 24.6 Å². The van der Waals surface area contributed by atoms with Gasteiger partial charge in [-0.2, -0.15) is 0 Å². The normalized spacial score (nSPS) is 14.0. The molecule has 0 aliphatic heterocycles. The molecule has 0 saturated carbocycles. The Labute approximate surface area is 159 Å². The topological polar surface area (TPSA) is 136 Å². The van der Waals surface area contributed by atoms with Crippen LogP contribution >= 0.6 is 11.8 Å². The summed E-state index contributed by atoms with van der Waals surface area (Å²) in [6.45, 7) is 6.95. The van der Waals surface area contributed by atoms with Crippen LogP contribution in [0.25, 0.3) is 0 Å². The van der Waals surface area contributed by atoms with Crippen LogP contribution in [0.2, 0.25) is 0 Å². The lowest BCUT2D eigenvalue weighted by Crippen LogP contribution is -2.55. The van der Waals surface area contributed by atoms with Crippen molar-refractivity contribution in [1.29, 1.82) is 0 Å². The lowest BCUT2D eigenvalue weighted by Gasteiger charge is -2.39. The number of ketones is 1. The van der Waals surface area contributed by atoms with Crippen molar-refractivity contribution in [3.8, 4) is 0 Å². The summed E-state index contributed by atoms with van der Waals surface area (Å²) in [4.78, 5) is 33.3. The molecule has 152 valence electrons. The molecule has 0 aromatic rings. The second-order valence-corrected chi connectivity index (χ2v) is 8.13. The van der Waals surface area contributed by atoms with Gasteiger partial charge in [0.25, 0.3) is 0 Å². The van der Waals surface area contributed by atoms with Crippen LogP contribution in [0, 0.1) is 5.41 Å². The Balaban J connectivity index is 3.69. The number of carbonyl (C=O) groups excluding carboxylic acids is 2. The van der Waals surface area contributed by atoms with E-state index in [4.69, 9.17) is 5.11 Å². The maximum Gasteiger partial charge on any atom is 0.303 e. The molecule has 26 heavy (non-hydrogen) atoms. The van der Waals surface area contributed by atoms with Gasteiger partial charge in [-0.05, 0) is 26.4 Å². The smallest absolute Gasteiger partial charge is 0.303 e. The fraction of sp³-hybridized carbons (Fsp3) is 0.824. The molecule has 0 heterocycles. The van der Waals surface area contributed by atoms with Gasteiger partial charge in [-0.15, -0.1) is 0 Å². The highest BCUT2D eigenvalue weighted by Crippen LogP contribution is 2.27. The Morgan fingerprint density at radius 2 is 1.69 bits per heavy atom. The van der Waals surface area contributed by atoms with Gasteiger partial charge in [0.15, 0.2) is 5.12 Å². The molecule has 0 aromatic carbocycles. The first-order chi connectivity index (χ1) is 12.0. The van der Waals surface area contributed by atoms with E-state index in [0.29, 0.717) is 25.4 Å². The van der Waals surface area contributed by atoms with E-state index in [1.54, 1.807) is 20.8 Å². The van der Waals surface area contributed by atoms with E-state index >= 15 is 0 Å². The minimum absolute atomic E-state index is 0.107. The van der Waals surface area contributed by atoms with Crippen molar-refractivity contribution in [2.45, 2.75) is 52.2 Å². The minimum Gasteiger partial charge on any atom is -0.481 e.